The first-order valence-corrected chi connectivity index (χ1v) is 3.31. The average molecular weight is 229 g/mol. The van der Waals surface area contributed by atoms with E-state index in [-0.39, 0.29) is 0 Å². The van der Waals surface area contributed by atoms with Crippen LogP contribution in [0.4, 0.5) is 4.79 Å². The van der Waals surface area contributed by atoms with Crippen LogP contribution in [0.15, 0.2) is 0 Å². The van der Waals surface area contributed by atoms with Gasteiger partial charge in [0.05, 0.1) is 22.9 Å². The summed E-state index contributed by atoms with van der Waals surface area (Å²) in [5.74, 6) is 0. The van der Waals surface area contributed by atoms with Gasteiger partial charge in [0.15, 0.2) is 0 Å². The van der Waals surface area contributed by atoms with Crippen molar-refractivity contribution in [1.29, 1.82) is 0 Å². The molecule has 0 aliphatic carbocycles. The Morgan fingerprint density at radius 2 is 2.38 bits per heavy atom. The number of rotatable bonds is 2. The summed E-state index contributed by atoms with van der Waals surface area (Å²) in [5.41, 5.74) is 0. The van der Waals surface area contributed by atoms with E-state index in [2.05, 4.69) is 0 Å². The van der Waals surface area contributed by atoms with Crippen LogP contribution in [-0.4, -0.2) is 20.9 Å². The Bertz CT molecular complexity index is 86.1. The van der Waals surface area contributed by atoms with Crippen LogP contribution in [-0.2, 0) is 0 Å². The lowest BCUT2D eigenvalue weighted by Crippen LogP contribution is -2.18. The summed E-state index contributed by atoms with van der Waals surface area (Å²) in [6, 6.07) is 0. The zero-order valence-electron chi connectivity index (χ0n) is 4.59. The standard InChI is InChI=1S/C4H8INO2/c1-2-3-6(5)4(7)8/h2-3H2,1H3,(H,7,8). The summed E-state index contributed by atoms with van der Waals surface area (Å²) in [6.07, 6.45) is 0.00218. The Morgan fingerprint density at radius 3 is 2.50 bits per heavy atom. The van der Waals surface area contributed by atoms with Gasteiger partial charge in [-0.15, -0.1) is 0 Å². The van der Waals surface area contributed by atoms with E-state index in [0.717, 1.165) is 6.42 Å². The van der Waals surface area contributed by atoms with E-state index in [1.165, 1.54) is 3.11 Å². The van der Waals surface area contributed by atoms with Crippen LogP contribution < -0.4 is 0 Å². The molecule has 0 spiro atoms. The highest BCUT2D eigenvalue weighted by molar-refractivity contribution is 14.1. The van der Waals surface area contributed by atoms with Crippen molar-refractivity contribution in [1.82, 2.24) is 3.11 Å². The maximum absolute atomic E-state index is 10.0. The minimum absolute atomic E-state index is 0.607. The molecule has 0 heterocycles. The van der Waals surface area contributed by atoms with Crippen molar-refractivity contribution < 1.29 is 9.90 Å². The predicted octanol–water partition coefficient (Wildman–Crippen LogP) is 1.73. The molecule has 0 saturated heterocycles. The molecule has 0 rings (SSSR count). The molecule has 0 radical (unpaired) electrons. The summed E-state index contributed by atoms with van der Waals surface area (Å²) >= 11 is 1.77. The predicted molar refractivity (Wildman–Crippen MR) is 39.0 cm³/mol. The number of hydrogen-bond acceptors (Lipinski definition) is 1. The molecule has 0 aromatic carbocycles. The van der Waals surface area contributed by atoms with Crippen LogP contribution in [0.2, 0.25) is 0 Å². The van der Waals surface area contributed by atoms with Gasteiger partial charge in [-0.05, 0) is 6.42 Å². The van der Waals surface area contributed by atoms with E-state index in [1.807, 2.05) is 6.92 Å². The van der Waals surface area contributed by atoms with Gasteiger partial charge >= 0.3 is 6.09 Å². The fourth-order valence-corrected chi connectivity index (χ4v) is 0.774. The molecule has 0 unspecified atom stereocenters. The van der Waals surface area contributed by atoms with Gasteiger partial charge in [0.2, 0.25) is 0 Å². The Kier molecular flexibility index (Phi) is 3.94. The third-order valence-corrected chi connectivity index (χ3v) is 1.52. The van der Waals surface area contributed by atoms with E-state index < -0.39 is 6.09 Å². The Balaban J connectivity index is 3.32. The number of carbonyl (C=O) groups is 1. The van der Waals surface area contributed by atoms with Crippen molar-refractivity contribution in [2.24, 2.45) is 0 Å². The Hall–Kier alpha value is 0. The summed E-state index contributed by atoms with van der Waals surface area (Å²) in [5, 5.41) is 8.23. The monoisotopic (exact) mass is 229 g/mol. The second kappa shape index (κ2) is 3.94. The molecular weight excluding hydrogens is 221 g/mol. The first-order valence-electron chi connectivity index (χ1n) is 2.34. The van der Waals surface area contributed by atoms with Crippen molar-refractivity contribution >= 4 is 29.0 Å². The lowest BCUT2D eigenvalue weighted by molar-refractivity contribution is 0.179. The minimum atomic E-state index is -0.868. The van der Waals surface area contributed by atoms with E-state index in [1.54, 1.807) is 22.9 Å². The van der Waals surface area contributed by atoms with Gasteiger partial charge in [0.1, 0.15) is 0 Å². The van der Waals surface area contributed by atoms with Crippen LogP contribution >= 0.6 is 22.9 Å². The lowest BCUT2D eigenvalue weighted by Gasteiger charge is -2.06. The normalized spacial score (nSPS) is 8.75. The fraction of sp³-hybridized carbons (Fsp3) is 0.750. The molecule has 0 aromatic heterocycles. The summed E-state index contributed by atoms with van der Waals surface area (Å²) in [6.45, 7) is 2.55. The van der Waals surface area contributed by atoms with Gasteiger partial charge in [0, 0.05) is 6.54 Å². The topological polar surface area (TPSA) is 40.5 Å². The number of hydrogen-bond donors (Lipinski definition) is 1. The summed E-state index contributed by atoms with van der Waals surface area (Å²) in [4.78, 5) is 10.0. The largest absolute Gasteiger partial charge is 0.464 e. The number of nitrogens with zero attached hydrogens (tertiary/aromatic N) is 1. The maximum Gasteiger partial charge on any atom is 0.416 e. The van der Waals surface area contributed by atoms with Crippen LogP contribution in [0.5, 0.6) is 0 Å². The third-order valence-electron chi connectivity index (χ3n) is 0.627. The van der Waals surface area contributed by atoms with E-state index in [4.69, 9.17) is 5.11 Å². The highest BCUT2D eigenvalue weighted by Crippen LogP contribution is 1.98. The van der Waals surface area contributed by atoms with Crippen LogP contribution in [0.25, 0.3) is 0 Å². The maximum atomic E-state index is 10.0. The molecule has 0 atom stereocenters. The molecule has 0 aromatic rings. The lowest BCUT2D eigenvalue weighted by atomic mass is 10.5. The van der Waals surface area contributed by atoms with Gasteiger partial charge in [-0.3, -0.25) is 0 Å². The molecule has 4 heteroatoms. The molecule has 48 valence electrons. The highest BCUT2D eigenvalue weighted by Gasteiger charge is 2.02. The smallest absolute Gasteiger partial charge is 0.416 e. The van der Waals surface area contributed by atoms with Gasteiger partial charge in [-0.1, -0.05) is 6.92 Å². The van der Waals surface area contributed by atoms with Gasteiger partial charge in [-0.2, -0.15) is 0 Å². The van der Waals surface area contributed by atoms with Crippen molar-refractivity contribution in [3.63, 3.8) is 0 Å². The molecule has 0 aliphatic heterocycles. The van der Waals surface area contributed by atoms with Crippen LogP contribution in [0.3, 0.4) is 0 Å². The molecule has 0 bridgehead atoms. The first-order chi connectivity index (χ1) is 3.68. The van der Waals surface area contributed by atoms with Gasteiger partial charge < -0.3 is 5.11 Å². The zero-order valence-corrected chi connectivity index (χ0v) is 6.75. The Labute approximate surface area is 62.2 Å². The summed E-state index contributed by atoms with van der Waals surface area (Å²) in [7, 11) is 0. The SMILES string of the molecule is CCCN(I)C(=O)O. The van der Waals surface area contributed by atoms with Gasteiger partial charge in [0.25, 0.3) is 0 Å². The van der Waals surface area contributed by atoms with Gasteiger partial charge in [-0.25, -0.2) is 7.91 Å². The van der Waals surface area contributed by atoms with Crippen molar-refractivity contribution in [3.05, 3.63) is 0 Å². The van der Waals surface area contributed by atoms with Crippen molar-refractivity contribution in [3.8, 4) is 0 Å². The quantitative estimate of drug-likeness (QED) is 0.578. The first kappa shape index (κ1) is 8.00. The molecule has 1 amide bonds. The molecule has 0 saturated carbocycles. The highest BCUT2D eigenvalue weighted by atomic mass is 127. The van der Waals surface area contributed by atoms with E-state index in [0.29, 0.717) is 6.54 Å². The molecular formula is C4H8INO2. The molecule has 0 fully saturated rings. The second-order valence-electron chi connectivity index (χ2n) is 1.37. The number of carboxylic acid groups (broad SMARTS) is 1. The zero-order chi connectivity index (χ0) is 6.57. The molecule has 8 heavy (non-hydrogen) atoms. The second-order valence-corrected chi connectivity index (χ2v) is 2.53. The third kappa shape index (κ3) is 3.06. The van der Waals surface area contributed by atoms with Crippen LogP contribution in [0.1, 0.15) is 13.3 Å². The van der Waals surface area contributed by atoms with E-state index >= 15 is 0 Å². The van der Waals surface area contributed by atoms with Crippen LogP contribution in [0, 0.1) is 0 Å². The fourth-order valence-electron chi connectivity index (χ4n) is 0.292. The van der Waals surface area contributed by atoms with Crippen molar-refractivity contribution in [2.75, 3.05) is 6.54 Å². The molecule has 0 aliphatic rings. The Morgan fingerprint density at radius 1 is 1.88 bits per heavy atom. The number of amides is 1. The van der Waals surface area contributed by atoms with E-state index in [9.17, 15) is 4.79 Å². The number of halogens is 1. The molecule has 1 N–H and O–H groups in total. The summed E-state index contributed by atoms with van der Waals surface area (Å²) < 4.78 is 1.23. The average Bonchev–Trinajstić information content (AvgIpc) is 1.67. The van der Waals surface area contributed by atoms with Crippen molar-refractivity contribution in [2.45, 2.75) is 13.3 Å². The molecule has 3 nitrogen and oxygen atoms in total. The minimum Gasteiger partial charge on any atom is -0.464 e.